The number of hydrogen-bond donors (Lipinski definition) is 1. The molecule has 27 heavy (non-hydrogen) atoms. The number of carbonyl (C=O) groups is 1. The highest BCUT2D eigenvalue weighted by Gasteiger charge is 2.11. The lowest BCUT2D eigenvalue weighted by Gasteiger charge is -2.11. The van der Waals surface area contributed by atoms with Crippen LogP contribution in [0.1, 0.15) is 17.7 Å². The summed E-state index contributed by atoms with van der Waals surface area (Å²) in [5.41, 5.74) is 1.97. The second kappa shape index (κ2) is 8.89. The molecule has 1 aromatic heterocycles. The lowest BCUT2D eigenvalue weighted by atomic mass is 10.2. The molecule has 1 heterocycles. The van der Waals surface area contributed by atoms with Crippen LogP contribution in [0.25, 0.3) is 0 Å². The summed E-state index contributed by atoms with van der Waals surface area (Å²) in [6.07, 6.45) is 0.230. The molecule has 0 unspecified atom stereocenters. The Balaban J connectivity index is 1.56. The first-order chi connectivity index (χ1) is 13.2. The predicted molar refractivity (Wildman–Crippen MR) is 104 cm³/mol. The fourth-order valence-electron chi connectivity index (χ4n) is 2.72. The third-order valence-corrected chi connectivity index (χ3v) is 4.00. The maximum Gasteiger partial charge on any atom is 0.228 e. The zero-order valence-electron chi connectivity index (χ0n) is 15.5. The number of aromatic nitrogens is 2. The molecule has 0 fully saturated rings. The van der Waals surface area contributed by atoms with Gasteiger partial charge in [0.25, 0.3) is 0 Å². The summed E-state index contributed by atoms with van der Waals surface area (Å²) in [5.74, 6) is 1.82. The van der Waals surface area contributed by atoms with E-state index in [4.69, 9.17) is 9.47 Å². The molecule has 0 aliphatic carbocycles. The van der Waals surface area contributed by atoms with Crippen molar-refractivity contribution in [3.63, 3.8) is 0 Å². The zero-order valence-corrected chi connectivity index (χ0v) is 15.5. The van der Waals surface area contributed by atoms with Gasteiger partial charge in [-0.25, -0.2) is 4.68 Å². The van der Waals surface area contributed by atoms with Gasteiger partial charge in [0.05, 0.1) is 32.4 Å². The number of nitrogens with one attached hydrogen (secondary N) is 1. The summed E-state index contributed by atoms with van der Waals surface area (Å²) in [4.78, 5) is 12.3. The van der Waals surface area contributed by atoms with Crippen LogP contribution >= 0.6 is 0 Å². The third-order valence-electron chi connectivity index (χ3n) is 4.00. The molecule has 0 saturated heterocycles. The van der Waals surface area contributed by atoms with Gasteiger partial charge in [0, 0.05) is 6.07 Å². The molecule has 0 spiro atoms. The molecule has 0 aliphatic heterocycles. The molecular formula is C21H23N3O3. The van der Waals surface area contributed by atoms with Crippen molar-refractivity contribution in [2.45, 2.75) is 19.9 Å². The summed E-state index contributed by atoms with van der Waals surface area (Å²) in [6, 6.07) is 19.2. The lowest BCUT2D eigenvalue weighted by molar-refractivity contribution is -0.116. The van der Waals surface area contributed by atoms with Gasteiger partial charge in [-0.2, -0.15) is 5.10 Å². The van der Waals surface area contributed by atoms with E-state index in [9.17, 15) is 4.79 Å². The molecule has 3 aromatic rings. The molecule has 6 nitrogen and oxygen atoms in total. The molecule has 0 atom stereocenters. The largest absolute Gasteiger partial charge is 0.493 e. The van der Waals surface area contributed by atoms with Crippen molar-refractivity contribution in [2.75, 3.05) is 19.0 Å². The van der Waals surface area contributed by atoms with E-state index >= 15 is 0 Å². The normalized spacial score (nSPS) is 10.4. The average molecular weight is 365 g/mol. The Morgan fingerprint density at radius 3 is 2.52 bits per heavy atom. The monoisotopic (exact) mass is 365 g/mol. The second-order valence-corrected chi connectivity index (χ2v) is 6.11. The molecule has 2 aromatic carbocycles. The molecule has 0 aliphatic rings. The van der Waals surface area contributed by atoms with Crippen LogP contribution in [0.2, 0.25) is 0 Å². The van der Waals surface area contributed by atoms with E-state index in [-0.39, 0.29) is 18.9 Å². The molecule has 0 bridgehead atoms. The van der Waals surface area contributed by atoms with E-state index in [1.54, 1.807) is 11.8 Å². The van der Waals surface area contributed by atoms with Gasteiger partial charge in [-0.15, -0.1) is 0 Å². The van der Waals surface area contributed by atoms with Crippen molar-refractivity contribution in [1.29, 1.82) is 0 Å². The van der Waals surface area contributed by atoms with E-state index in [2.05, 4.69) is 10.4 Å². The Bertz CT molecular complexity index is 891. The summed E-state index contributed by atoms with van der Waals surface area (Å²) in [6.45, 7) is 2.77. The third kappa shape index (κ3) is 5.10. The number of nitrogens with zero attached hydrogens (tertiary/aromatic N) is 2. The predicted octanol–water partition coefficient (Wildman–Crippen LogP) is 3.66. The number of methoxy groups -OCH3 is 1. The first-order valence-corrected chi connectivity index (χ1v) is 8.80. The summed E-state index contributed by atoms with van der Waals surface area (Å²) >= 11 is 0. The van der Waals surface area contributed by atoms with Crippen LogP contribution in [-0.2, 0) is 11.3 Å². The molecule has 140 valence electrons. The van der Waals surface area contributed by atoms with Gasteiger partial charge in [0.2, 0.25) is 5.91 Å². The van der Waals surface area contributed by atoms with Crippen LogP contribution in [0.3, 0.4) is 0 Å². The minimum atomic E-state index is -0.126. The van der Waals surface area contributed by atoms with Crippen LogP contribution in [0.15, 0.2) is 60.7 Å². The Kier molecular flexibility index (Phi) is 6.10. The van der Waals surface area contributed by atoms with Gasteiger partial charge in [0.15, 0.2) is 11.5 Å². The molecular weight excluding hydrogens is 342 g/mol. The van der Waals surface area contributed by atoms with Gasteiger partial charge < -0.3 is 14.8 Å². The molecule has 0 radical (unpaired) electrons. The highest BCUT2D eigenvalue weighted by Crippen LogP contribution is 2.25. The topological polar surface area (TPSA) is 65.4 Å². The number of hydrogen-bond acceptors (Lipinski definition) is 4. The number of benzene rings is 2. The van der Waals surface area contributed by atoms with Crippen molar-refractivity contribution in [3.05, 3.63) is 71.9 Å². The van der Waals surface area contributed by atoms with Gasteiger partial charge in [0.1, 0.15) is 5.82 Å². The molecule has 6 heteroatoms. The molecule has 1 amide bonds. The number of rotatable bonds is 8. The van der Waals surface area contributed by atoms with Crippen LogP contribution in [0, 0.1) is 6.92 Å². The van der Waals surface area contributed by atoms with E-state index in [1.165, 1.54) is 0 Å². The van der Waals surface area contributed by atoms with Gasteiger partial charge in [-0.3, -0.25) is 4.79 Å². The first-order valence-electron chi connectivity index (χ1n) is 8.80. The van der Waals surface area contributed by atoms with E-state index in [1.807, 2.05) is 67.6 Å². The molecule has 0 saturated carbocycles. The first kappa shape index (κ1) is 18.5. The highest BCUT2D eigenvalue weighted by molar-refractivity contribution is 5.90. The second-order valence-electron chi connectivity index (χ2n) is 6.11. The highest BCUT2D eigenvalue weighted by atomic mass is 16.5. The van der Waals surface area contributed by atoms with Crippen LogP contribution in [-0.4, -0.2) is 29.4 Å². The molecule has 3 rings (SSSR count). The average Bonchev–Trinajstić information content (AvgIpc) is 3.01. The maximum absolute atomic E-state index is 12.3. The fraction of sp³-hybridized carbons (Fsp3) is 0.238. The van der Waals surface area contributed by atoms with Gasteiger partial charge in [-0.05, 0) is 24.6 Å². The smallest absolute Gasteiger partial charge is 0.228 e. The minimum absolute atomic E-state index is 0.126. The quantitative estimate of drug-likeness (QED) is 0.662. The zero-order chi connectivity index (χ0) is 19.1. The number of carbonyl (C=O) groups excluding carboxylic acids is 1. The van der Waals surface area contributed by atoms with E-state index in [0.717, 1.165) is 11.3 Å². The van der Waals surface area contributed by atoms with Crippen molar-refractivity contribution in [1.82, 2.24) is 9.78 Å². The lowest BCUT2D eigenvalue weighted by Crippen LogP contribution is -2.18. The van der Waals surface area contributed by atoms with Gasteiger partial charge in [-0.1, -0.05) is 42.5 Å². The Hall–Kier alpha value is -3.28. The van der Waals surface area contributed by atoms with Gasteiger partial charge >= 0.3 is 0 Å². The Labute approximate surface area is 158 Å². The SMILES string of the molecule is COc1ccccc1OCCC(=O)Nc1cc(C)nn1Cc1ccccc1. The summed E-state index contributed by atoms with van der Waals surface area (Å²) < 4.78 is 12.7. The van der Waals surface area contributed by atoms with E-state index < -0.39 is 0 Å². The van der Waals surface area contributed by atoms with Crippen molar-refractivity contribution in [3.8, 4) is 11.5 Å². The standard InChI is InChI=1S/C21H23N3O3/c1-16-14-20(24(23-16)15-17-8-4-3-5-9-17)22-21(25)12-13-27-19-11-7-6-10-18(19)26-2/h3-11,14H,12-13,15H2,1-2H3,(H,22,25). The minimum Gasteiger partial charge on any atom is -0.493 e. The van der Waals surface area contributed by atoms with E-state index in [0.29, 0.717) is 23.9 Å². The number of aryl methyl sites for hydroxylation is 1. The maximum atomic E-state index is 12.3. The summed E-state index contributed by atoms with van der Waals surface area (Å²) in [7, 11) is 1.59. The number of anilines is 1. The number of amides is 1. The Morgan fingerprint density at radius 2 is 1.78 bits per heavy atom. The number of ether oxygens (including phenoxy) is 2. The Morgan fingerprint density at radius 1 is 1.07 bits per heavy atom. The van der Waals surface area contributed by atoms with Crippen LogP contribution in [0.5, 0.6) is 11.5 Å². The fourth-order valence-corrected chi connectivity index (χ4v) is 2.72. The van der Waals surface area contributed by atoms with Crippen LogP contribution < -0.4 is 14.8 Å². The van der Waals surface area contributed by atoms with Crippen molar-refractivity contribution in [2.24, 2.45) is 0 Å². The van der Waals surface area contributed by atoms with Crippen molar-refractivity contribution >= 4 is 11.7 Å². The summed E-state index contributed by atoms with van der Waals surface area (Å²) in [5, 5.41) is 7.38. The van der Waals surface area contributed by atoms with Crippen LogP contribution in [0.4, 0.5) is 5.82 Å². The number of para-hydroxylation sites is 2. The van der Waals surface area contributed by atoms with Crippen molar-refractivity contribution < 1.29 is 14.3 Å². The molecule has 1 N–H and O–H groups in total.